The van der Waals surface area contributed by atoms with E-state index in [9.17, 15) is 14.4 Å². The van der Waals surface area contributed by atoms with Gasteiger partial charge >= 0.3 is 5.97 Å². The van der Waals surface area contributed by atoms with Crippen LogP contribution in [0.1, 0.15) is 76.2 Å². The van der Waals surface area contributed by atoms with E-state index >= 15 is 0 Å². The van der Waals surface area contributed by atoms with Gasteiger partial charge in [-0.3, -0.25) is 9.59 Å². The Kier molecular flexibility index (Phi) is 10.8. The van der Waals surface area contributed by atoms with Crippen LogP contribution in [0.2, 0.25) is 5.02 Å². The van der Waals surface area contributed by atoms with E-state index in [0.29, 0.717) is 40.0 Å². The summed E-state index contributed by atoms with van der Waals surface area (Å²) < 4.78 is 10.4. The first-order valence-electron chi connectivity index (χ1n) is 15.4. The van der Waals surface area contributed by atoms with Crippen molar-refractivity contribution in [1.82, 2.24) is 10.6 Å². The number of halogens is 2. The number of amides is 2. The summed E-state index contributed by atoms with van der Waals surface area (Å²) in [6.07, 6.45) is 4.83. The number of hydrogen-bond donors (Lipinski definition) is 3. The molecule has 2 aromatic carbocycles. The summed E-state index contributed by atoms with van der Waals surface area (Å²) in [5.41, 5.74) is 2.49. The number of ether oxygens (including phenoxy) is 2. The Morgan fingerprint density at radius 2 is 1.85 bits per heavy atom. The van der Waals surface area contributed by atoms with Gasteiger partial charge in [-0.15, -0.1) is 0 Å². The molecule has 0 saturated carbocycles. The van der Waals surface area contributed by atoms with Gasteiger partial charge in [-0.2, -0.15) is 0 Å². The third-order valence-corrected chi connectivity index (χ3v) is 9.33. The van der Waals surface area contributed by atoms with Crippen LogP contribution in [0, 0.1) is 10.8 Å². The Morgan fingerprint density at radius 3 is 2.43 bits per heavy atom. The van der Waals surface area contributed by atoms with Gasteiger partial charge in [0.05, 0.1) is 31.5 Å². The third kappa shape index (κ3) is 6.75. The standard InChI is InChI=1S/C36H43Cl2N3O5/c1-9-20(3)29-26(18-23(37)10-2)40-34(44)36(29)28(19-35(4,5)6)41-31(30(36)21-12-11-13-24(38)16-21)32(42)39-25-15-14-22(33(43)46-8)17-27(25)45-7/h10-18,28,30-31,41H,9,19H2,1-8H3,(H,39,42)(H,40,44). The second-order valence-corrected chi connectivity index (χ2v) is 13.8. The number of hydrogen-bond acceptors (Lipinski definition) is 6. The van der Waals surface area contributed by atoms with Crippen LogP contribution in [-0.2, 0) is 14.3 Å². The molecule has 2 fully saturated rings. The summed E-state index contributed by atoms with van der Waals surface area (Å²) >= 11 is 13.1. The molecule has 4 unspecified atom stereocenters. The van der Waals surface area contributed by atoms with Crippen LogP contribution in [0.5, 0.6) is 5.75 Å². The maximum absolute atomic E-state index is 14.7. The molecular weight excluding hydrogens is 625 g/mol. The van der Waals surface area contributed by atoms with Crippen molar-refractivity contribution >= 4 is 46.7 Å². The van der Waals surface area contributed by atoms with Gasteiger partial charge in [0.1, 0.15) is 11.2 Å². The average Bonchev–Trinajstić information content (AvgIpc) is 3.49. The SMILES string of the molecule is CC=C(Cl)C=C1NC(=O)C2(C1=C(C)CC)C(CC(C)(C)C)NC(C(=O)Nc1ccc(C(=O)OC)cc1OC)C2c1cccc(Cl)c1. The molecular formula is C36H43Cl2N3O5. The fourth-order valence-electron chi connectivity index (χ4n) is 6.73. The van der Waals surface area contributed by atoms with Crippen molar-refractivity contribution in [1.29, 1.82) is 0 Å². The number of esters is 1. The summed E-state index contributed by atoms with van der Waals surface area (Å²) in [6, 6.07) is 10.7. The van der Waals surface area contributed by atoms with Crippen LogP contribution < -0.4 is 20.7 Å². The monoisotopic (exact) mass is 667 g/mol. The molecule has 0 bridgehead atoms. The molecule has 2 heterocycles. The molecule has 2 aromatic rings. The molecule has 2 aliphatic heterocycles. The molecule has 10 heteroatoms. The van der Waals surface area contributed by atoms with Crippen molar-refractivity contribution in [2.75, 3.05) is 19.5 Å². The van der Waals surface area contributed by atoms with Gasteiger partial charge < -0.3 is 25.4 Å². The molecule has 0 aliphatic carbocycles. The van der Waals surface area contributed by atoms with Gasteiger partial charge in [0.2, 0.25) is 11.8 Å². The van der Waals surface area contributed by atoms with Crippen LogP contribution in [0.25, 0.3) is 0 Å². The van der Waals surface area contributed by atoms with Gasteiger partial charge in [-0.05, 0) is 79.6 Å². The van der Waals surface area contributed by atoms with Crippen molar-refractivity contribution in [3.63, 3.8) is 0 Å². The van der Waals surface area contributed by atoms with Crippen LogP contribution in [0.15, 0.2) is 76.5 Å². The topological polar surface area (TPSA) is 106 Å². The van der Waals surface area contributed by atoms with E-state index in [4.69, 9.17) is 32.7 Å². The highest BCUT2D eigenvalue weighted by Gasteiger charge is 2.67. The smallest absolute Gasteiger partial charge is 0.337 e. The molecule has 1 spiro atoms. The van der Waals surface area contributed by atoms with Crippen molar-refractivity contribution in [2.24, 2.45) is 10.8 Å². The van der Waals surface area contributed by atoms with Crippen molar-refractivity contribution < 1.29 is 23.9 Å². The van der Waals surface area contributed by atoms with Crippen molar-refractivity contribution in [3.05, 3.63) is 92.6 Å². The fraction of sp³-hybridized carbons (Fsp3) is 0.417. The molecule has 3 N–H and O–H groups in total. The van der Waals surface area contributed by atoms with Gasteiger partial charge in [0, 0.05) is 27.7 Å². The highest BCUT2D eigenvalue weighted by molar-refractivity contribution is 6.31. The number of nitrogens with one attached hydrogen (secondary N) is 3. The number of rotatable bonds is 8. The number of carbonyl (C=O) groups excluding carboxylic acids is 3. The molecule has 8 nitrogen and oxygen atoms in total. The van der Waals surface area contributed by atoms with E-state index < -0.39 is 29.4 Å². The first kappa shape index (κ1) is 35.3. The zero-order valence-corrected chi connectivity index (χ0v) is 29.2. The normalized spacial score (nSPS) is 25.1. The van der Waals surface area contributed by atoms with E-state index in [1.807, 2.05) is 32.0 Å². The first-order chi connectivity index (χ1) is 21.7. The molecule has 0 aromatic heterocycles. The Morgan fingerprint density at radius 1 is 1.13 bits per heavy atom. The van der Waals surface area contributed by atoms with Crippen molar-refractivity contribution in [2.45, 2.75) is 72.4 Å². The van der Waals surface area contributed by atoms with Crippen molar-refractivity contribution in [3.8, 4) is 5.75 Å². The van der Waals surface area contributed by atoms with Crippen LogP contribution in [0.4, 0.5) is 5.69 Å². The zero-order chi connectivity index (χ0) is 34.0. The molecule has 4 atom stereocenters. The molecule has 2 saturated heterocycles. The van der Waals surface area contributed by atoms with E-state index in [1.165, 1.54) is 20.3 Å². The van der Waals surface area contributed by atoms with Gasteiger partial charge in [-0.25, -0.2) is 4.79 Å². The van der Waals surface area contributed by atoms with Crippen LogP contribution in [-0.4, -0.2) is 44.1 Å². The maximum Gasteiger partial charge on any atom is 0.337 e. The predicted molar refractivity (Wildman–Crippen MR) is 183 cm³/mol. The summed E-state index contributed by atoms with van der Waals surface area (Å²) in [4.78, 5) is 41.4. The zero-order valence-electron chi connectivity index (χ0n) is 27.6. The Balaban J connectivity index is 1.97. The second-order valence-electron chi connectivity index (χ2n) is 13.0. The highest BCUT2D eigenvalue weighted by atomic mass is 35.5. The number of anilines is 1. The largest absolute Gasteiger partial charge is 0.495 e. The summed E-state index contributed by atoms with van der Waals surface area (Å²) in [6.45, 7) is 12.3. The predicted octanol–water partition coefficient (Wildman–Crippen LogP) is 7.50. The van der Waals surface area contributed by atoms with E-state index in [-0.39, 0.29) is 22.8 Å². The molecule has 4 rings (SSSR count). The summed E-state index contributed by atoms with van der Waals surface area (Å²) in [7, 11) is 2.76. The lowest BCUT2D eigenvalue weighted by Crippen LogP contribution is -2.47. The Hall–Kier alpha value is -3.59. The molecule has 0 radical (unpaired) electrons. The van der Waals surface area contributed by atoms with Gasteiger partial charge in [0.25, 0.3) is 0 Å². The molecule has 246 valence electrons. The molecule has 46 heavy (non-hydrogen) atoms. The summed E-state index contributed by atoms with van der Waals surface area (Å²) in [5, 5.41) is 10.8. The molecule has 2 aliphatic rings. The van der Waals surface area contributed by atoms with Crippen LogP contribution >= 0.6 is 23.2 Å². The van der Waals surface area contributed by atoms with E-state index in [1.54, 1.807) is 30.4 Å². The van der Waals surface area contributed by atoms with Gasteiger partial charge in [0.15, 0.2) is 0 Å². The number of allylic oxidation sites excluding steroid dienone is 5. The minimum atomic E-state index is -1.18. The fourth-order valence-corrected chi connectivity index (χ4v) is 7.04. The van der Waals surface area contributed by atoms with E-state index in [0.717, 1.165) is 16.7 Å². The molecule has 2 amide bonds. The first-order valence-corrected chi connectivity index (χ1v) is 16.1. The quantitative estimate of drug-likeness (QED) is 0.252. The van der Waals surface area contributed by atoms with Crippen LogP contribution in [0.3, 0.4) is 0 Å². The summed E-state index contributed by atoms with van der Waals surface area (Å²) in [5.74, 6) is -1.46. The lowest BCUT2D eigenvalue weighted by atomic mass is 9.61. The minimum absolute atomic E-state index is 0.204. The Labute approximate surface area is 281 Å². The lowest BCUT2D eigenvalue weighted by Gasteiger charge is -2.38. The van der Waals surface area contributed by atoms with E-state index in [2.05, 4.69) is 43.6 Å². The number of methoxy groups -OCH3 is 2. The minimum Gasteiger partial charge on any atom is -0.495 e. The second kappa shape index (κ2) is 14.0. The third-order valence-electron chi connectivity index (χ3n) is 8.76. The Bertz CT molecular complexity index is 1620. The number of carbonyl (C=O) groups is 3. The van der Waals surface area contributed by atoms with Gasteiger partial charge in [-0.1, -0.05) is 74.7 Å². The maximum atomic E-state index is 14.7. The average molecular weight is 669 g/mol. The highest BCUT2D eigenvalue weighted by Crippen LogP contribution is 2.59. The number of benzene rings is 2. The lowest BCUT2D eigenvalue weighted by molar-refractivity contribution is -0.127.